The van der Waals surface area contributed by atoms with Crippen molar-refractivity contribution >= 4 is 11.4 Å². The highest BCUT2D eigenvalue weighted by Crippen LogP contribution is 2.16. The van der Waals surface area contributed by atoms with Crippen molar-refractivity contribution in [2.75, 3.05) is 36.9 Å². The Balaban J connectivity index is 2.34. The molecule has 0 fully saturated rings. The van der Waals surface area contributed by atoms with Gasteiger partial charge in [0.1, 0.15) is 0 Å². The number of benzene rings is 1. The summed E-state index contributed by atoms with van der Waals surface area (Å²) in [6.45, 7) is 10.1. The third-order valence-electron chi connectivity index (χ3n) is 2.96. The second-order valence-corrected chi connectivity index (χ2v) is 4.97. The Hall–Kier alpha value is -1.22. The van der Waals surface area contributed by atoms with Gasteiger partial charge in [-0.15, -0.1) is 0 Å². The lowest BCUT2D eigenvalue weighted by Crippen LogP contribution is -2.27. The van der Waals surface area contributed by atoms with E-state index in [-0.39, 0.29) is 0 Å². The zero-order valence-corrected chi connectivity index (χ0v) is 11.9. The Bertz CT molecular complexity index is 339. The Labute approximate surface area is 111 Å². The summed E-state index contributed by atoms with van der Waals surface area (Å²) < 4.78 is 5.66. The van der Waals surface area contributed by atoms with Gasteiger partial charge >= 0.3 is 0 Å². The summed E-state index contributed by atoms with van der Waals surface area (Å²) in [7, 11) is 0. The predicted octanol–water partition coefficient (Wildman–Crippen LogP) is 3.16. The number of rotatable bonds is 8. The van der Waals surface area contributed by atoms with Crippen LogP contribution in [0, 0.1) is 5.92 Å². The van der Waals surface area contributed by atoms with E-state index >= 15 is 0 Å². The van der Waals surface area contributed by atoms with Crippen LogP contribution in [0.5, 0.6) is 0 Å². The molecule has 0 aromatic heterocycles. The smallest absolute Gasteiger partial charge is 0.0641 e. The van der Waals surface area contributed by atoms with Crippen molar-refractivity contribution in [3.63, 3.8) is 0 Å². The van der Waals surface area contributed by atoms with Crippen LogP contribution in [0.3, 0.4) is 0 Å². The molecule has 0 amide bonds. The van der Waals surface area contributed by atoms with Crippen molar-refractivity contribution in [3.8, 4) is 0 Å². The number of likely N-dealkylation sites (N-methyl/N-ethyl adjacent to an activating group) is 1. The fraction of sp³-hybridized carbons (Fsp3) is 0.600. The summed E-state index contributed by atoms with van der Waals surface area (Å²) in [6.07, 6.45) is 1.13. The van der Waals surface area contributed by atoms with Crippen molar-refractivity contribution in [1.82, 2.24) is 0 Å². The maximum absolute atomic E-state index is 5.80. The number of hydrogen-bond acceptors (Lipinski definition) is 3. The molecule has 0 radical (unpaired) electrons. The van der Waals surface area contributed by atoms with Crippen LogP contribution in [-0.4, -0.2) is 26.3 Å². The minimum absolute atomic E-state index is 0.709. The molecule has 102 valence electrons. The molecule has 1 aromatic carbocycles. The first-order valence-electron chi connectivity index (χ1n) is 6.81. The van der Waals surface area contributed by atoms with Gasteiger partial charge in [-0.25, -0.2) is 0 Å². The van der Waals surface area contributed by atoms with E-state index in [1.807, 2.05) is 18.2 Å². The Morgan fingerprint density at radius 2 is 2.06 bits per heavy atom. The van der Waals surface area contributed by atoms with E-state index in [4.69, 9.17) is 10.5 Å². The van der Waals surface area contributed by atoms with Crippen LogP contribution >= 0.6 is 0 Å². The number of anilines is 2. The lowest BCUT2D eigenvalue weighted by atomic mass is 10.1. The van der Waals surface area contributed by atoms with Gasteiger partial charge in [-0.3, -0.25) is 0 Å². The molecule has 0 saturated heterocycles. The summed E-state index contributed by atoms with van der Waals surface area (Å²) in [5.74, 6) is 0.709. The van der Waals surface area contributed by atoms with Gasteiger partial charge in [-0.2, -0.15) is 0 Å². The van der Waals surface area contributed by atoms with Crippen LogP contribution in [0.15, 0.2) is 24.3 Å². The first kappa shape index (κ1) is 14.8. The molecule has 18 heavy (non-hydrogen) atoms. The maximum atomic E-state index is 5.80. The standard InChI is InChI=1S/C15H26N2O/c1-4-17(9-11-18-10-8-13(2)3)15-7-5-6-14(16)12-15/h5-7,12-13H,4,8-11,16H2,1-3H3. The van der Waals surface area contributed by atoms with E-state index in [9.17, 15) is 0 Å². The molecular formula is C15H26N2O. The quantitative estimate of drug-likeness (QED) is 0.569. The Kier molecular flexibility index (Phi) is 6.58. The lowest BCUT2D eigenvalue weighted by Gasteiger charge is -2.23. The van der Waals surface area contributed by atoms with Crippen LogP contribution in [-0.2, 0) is 4.74 Å². The first-order chi connectivity index (χ1) is 8.63. The van der Waals surface area contributed by atoms with E-state index in [0.29, 0.717) is 5.92 Å². The topological polar surface area (TPSA) is 38.5 Å². The number of hydrogen-bond donors (Lipinski definition) is 1. The van der Waals surface area contributed by atoms with E-state index in [0.717, 1.165) is 38.4 Å². The van der Waals surface area contributed by atoms with E-state index in [1.54, 1.807) is 0 Å². The molecule has 1 aromatic rings. The van der Waals surface area contributed by atoms with Crippen molar-refractivity contribution in [1.29, 1.82) is 0 Å². The van der Waals surface area contributed by atoms with E-state index < -0.39 is 0 Å². The SMILES string of the molecule is CCN(CCOCCC(C)C)c1cccc(N)c1. The van der Waals surface area contributed by atoms with Crippen molar-refractivity contribution in [2.45, 2.75) is 27.2 Å². The lowest BCUT2D eigenvalue weighted by molar-refractivity contribution is 0.129. The molecule has 0 aliphatic rings. The number of nitrogen functional groups attached to an aromatic ring is 1. The second-order valence-electron chi connectivity index (χ2n) is 4.97. The molecule has 0 spiro atoms. The molecule has 0 unspecified atom stereocenters. The van der Waals surface area contributed by atoms with Crippen molar-refractivity contribution < 1.29 is 4.74 Å². The molecule has 0 aliphatic heterocycles. The minimum Gasteiger partial charge on any atom is -0.399 e. The maximum Gasteiger partial charge on any atom is 0.0641 e. The number of ether oxygens (including phenoxy) is 1. The highest BCUT2D eigenvalue weighted by Gasteiger charge is 2.04. The molecule has 2 N–H and O–H groups in total. The summed E-state index contributed by atoms with van der Waals surface area (Å²) in [5, 5.41) is 0. The molecule has 3 heteroatoms. The highest BCUT2D eigenvalue weighted by atomic mass is 16.5. The van der Waals surface area contributed by atoms with Crippen molar-refractivity contribution in [3.05, 3.63) is 24.3 Å². The van der Waals surface area contributed by atoms with E-state index in [1.165, 1.54) is 5.69 Å². The van der Waals surface area contributed by atoms with Crippen molar-refractivity contribution in [2.24, 2.45) is 5.92 Å². The summed E-state index contributed by atoms with van der Waals surface area (Å²) in [6, 6.07) is 8.01. The third kappa shape index (κ3) is 5.41. The fourth-order valence-corrected chi connectivity index (χ4v) is 1.79. The Morgan fingerprint density at radius 3 is 2.67 bits per heavy atom. The van der Waals surface area contributed by atoms with Gasteiger partial charge in [0.25, 0.3) is 0 Å². The molecular weight excluding hydrogens is 224 g/mol. The van der Waals surface area contributed by atoms with Gasteiger partial charge in [-0.05, 0) is 37.5 Å². The fourth-order valence-electron chi connectivity index (χ4n) is 1.79. The highest BCUT2D eigenvalue weighted by molar-refractivity contribution is 5.55. The summed E-state index contributed by atoms with van der Waals surface area (Å²) in [4.78, 5) is 2.28. The van der Waals surface area contributed by atoms with Crippen LogP contribution in [0.2, 0.25) is 0 Å². The molecule has 1 rings (SSSR count). The molecule has 0 aliphatic carbocycles. The Morgan fingerprint density at radius 1 is 1.28 bits per heavy atom. The largest absolute Gasteiger partial charge is 0.399 e. The minimum atomic E-state index is 0.709. The average Bonchev–Trinajstić information content (AvgIpc) is 2.33. The molecule has 0 bridgehead atoms. The van der Waals surface area contributed by atoms with Gasteiger partial charge in [0.2, 0.25) is 0 Å². The predicted molar refractivity (Wildman–Crippen MR) is 79.0 cm³/mol. The summed E-state index contributed by atoms with van der Waals surface area (Å²) >= 11 is 0. The van der Waals surface area contributed by atoms with E-state index in [2.05, 4.69) is 31.7 Å². The first-order valence-corrected chi connectivity index (χ1v) is 6.81. The van der Waals surface area contributed by atoms with Gasteiger partial charge in [0.05, 0.1) is 6.61 Å². The van der Waals surface area contributed by atoms with Gasteiger partial charge < -0.3 is 15.4 Å². The van der Waals surface area contributed by atoms with Gasteiger partial charge in [0.15, 0.2) is 0 Å². The van der Waals surface area contributed by atoms with Gasteiger partial charge in [-0.1, -0.05) is 19.9 Å². The summed E-state index contributed by atoms with van der Waals surface area (Å²) in [5.41, 5.74) is 7.79. The normalized spacial score (nSPS) is 10.9. The van der Waals surface area contributed by atoms with Crippen LogP contribution in [0.4, 0.5) is 11.4 Å². The molecule has 0 atom stereocenters. The zero-order valence-electron chi connectivity index (χ0n) is 11.9. The second kappa shape index (κ2) is 7.98. The molecule has 0 saturated carbocycles. The van der Waals surface area contributed by atoms with Crippen LogP contribution in [0.1, 0.15) is 27.2 Å². The van der Waals surface area contributed by atoms with Crippen LogP contribution in [0.25, 0.3) is 0 Å². The number of nitrogens with two attached hydrogens (primary N) is 1. The molecule has 0 heterocycles. The third-order valence-corrected chi connectivity index (χ3v) is 2.96. The molecule has 3 nitrogen and oxygen atoms in total. The van der Waals surface area contributed by atoms with Crippen LogP contribution < -0.4 is 10.6 Å². The number of nitrogens with zero attached hydrogens (tertiary/aromatic N) is 1. The average molecular weight is 250 g/mol. The zero-order chi connectivity index (χ0) is 13.4. The van der Waals surface area contributed by atoms with Gasteiger partial charge in [0, 0.05) is 31.1 Å². The monoisotopic (exact) mass is 250 g/mol.